The number of nitrogens with zero attached hydrogens (tertiary/aromatic N) is 1. The quantitative estimate of drug-likeness (QED) is 0.753. The van der Waals surface area contributed by atoms with Gasteiger partial charge >= 0.3 is 0 Å². The molecule has 104 valence electrons. The average Bonchev–Trinajstić information content (AvgIpc) is 3.35. The van der Waals surface area contributed by atoms with Crippen molar-refractivity contribution in [2.24, 2.45) is 5.92 Å². The summed E-state index contributed by atoms with van der Waals surface area (Å²) in [7, 11) is 0. The first-order chi connectivity index (χ1) is 9.79. The van der Waals surface area contributed by atoms with Gasteiger partial charge in [0.15, 0.2) is 5.76 Å². The molecular weight excluding hydrogens is 250 g/mol. The lowest BCUT2D eigenvalue weighted by atomic mass is 10.2. The van der Waals surface area contributed by atoms with Gasteiger partial charge in [0.2, 0.25) is 5.78 Å². The second kappa shape index (κ2) is 4.74. The Kier molecular flexibility index (Phi) is 2.88. The van der Waals surface area contributed by atoms with Crippen LogP contribution in [0.4, 0.5) is 0 Å². The van der Waals surface area contributed by atoms with Gasteiger partial charge in [0.05, 0.1) is 6.54 Å². The Hall–Kier alpha value is -1.61. The standard InChI is InChI=1S/C17H19NO2/c19-15(11-18(14-7-8-14)10-12-5-6-12)17-9-13-3-1-2-4-16(13)20-17/h1-4,9,12,14H,5-8,10-11H2. The zero-order valence-electron chi connectivity index (χ0n) is 11.5. The molecule has 3 nitrogen and oxygen atoms in total. The van der Waals surface area contributed by atoms with Crippen LogP contribution in [0.2, 0.25) is 0 Å². The van der Waals surface area contributed by atoms with Gasteiger partial charge in [-0.3, -0.25) is 9.69 Å². The summed E-state index contributed by atoms with van der Waals surface area (Å²) in [5.41, 5.74) is 0.802. The summed E-state index contributed by atoms with van der Waals surface area (Å²) in [5, 5.41) is 1.01. The third-order valence-electron chi connectivity index (χ3n) is 4.30. The van der Waals surface area contributed by atoms with E-state index in [-0.39, 0.29) is 5.78 Å². The van der Waals surface area contributed by atoms with Crippen molar-refractivity contribution in [1.82, 2.24) is 4.90 Å². The highest BCUT2D eigenvalue weighted by molar-refractivity contribution is 5.98. The highest BCUT2D eigenvalue weighted by Crippen LogP contribution is 2.35. The summed E-state index contributed by atoms with van der Waals surface area (Å²) < 4.78 is 5.68. The molecule has 1 aromatic heterocycles. The molecule has 0 spiro atoms. The van der Waals surface area contributed by atoms with Gasteiger partial charge in [-0.25, -0.2) is 0 Å². The maximum Gasteiger partial charge on any atom is 0.211 e. The van der Waals surface area contributed by atoms with Gasteiger partial charge < -0.3 is 4.42 Å². The van der Waals surface area contributed by atoms with Gasteiger partial charge in [-0.1, -0.05) is 18.2 Å². The number of Topliss-reactive ketones (excluding diaryl/α,β-unsaturated/α-hetero) is 1. The topological polar surface area (TPSA) is 33.5 Å². The molecule has 2 aromatic rings. The van der Waals surface area contributed by atoms with Gasteiger partial charge in [-0.15, -0.1) is 0 Å². The molecule has 0 unspecified atom stereocenters. The summed E-state index contributed by atoms with van der Waals surface area (Å²) in [6.45, 7) is 1.61. The zero-order chi connectivity index (χ0) is 13.5. The summed E-state index contributed by atoms with van der Waals surface area (Å²) >= 11 is 0. The normalized spacial score (nSPS) is 18.9. The number of para-hydroxylation sites is 1. The molecule has 0 saturated heterocycles. The van der Waals surface area contributed by atoms with Crippen molar-refractivity contribution < 1.29 is 9.21 Å². The molecule has 2 aliphatic rings. The minimum Gasteiger partial charge on any atom is -0.453 e. The first kappa shape index (κ1) is 12.2. The van der Waals surface area contributed by atoms with Crippen molar-refractivity contribution in [3.8, 4) is 0 Å². The van der Waals surface area contributed by atoms with Crippen LogP contribution < -0.4 is 0 Å². The number of benzene rings is 1. The van der Waals surface area contributed by atoms with Gasteiger partial charge in [0, 0.05) is 18.0 Å². The molecule has 2 fully saturated rings. The SMILES string of the molecule is O=C(CN(CC1CC1)C1CC1)c1cc2ccccc2o1. The molecule has 0 amide bonds. The van der Waals surface area contributed by atoms with E-state index in [4.69, 9.17) is 4.42 Å². The molecule has 2 aliphatic carbocycles. The molecule has 1 heterocycles. The van der Waals surface area contributed by atoms with Crippen LogP contribution in [0.5, 0.6) is 0 Å². The second-order valence-corrected chi connectivity index (χ2v) is 6.18. The van der Waals surface area contributed by atoms with E-state index in [9.17, 15) is 4.79 Å². The van der Waals surface area contributed by atoms with E-state index >= 15 is 0 Å². The van der Waals surface area contributed by atoms with E-state index in [0.29, 0.717) is 18.3 Å². The molecule has 3 heteroatoms. The monoisotopic (exact) mass is 269 g/mol. The van der Waals surface area contributed by atoms with E-state index in [2.05, 4.69) is 4.90 Å². The van der Waals surface area contributed by atoms with Gasteiger partial charge in [0.25, 0.3) is 0 Å². The van der Waals surface area contributed by atoms with Crippen molar-refractivity contribution in [1.29, 1.82) is 0 Å². The van der Waals surface area contributed by atoms with E-state index in [1.807, 2.05) is 30.3 Å². The fraction of sp³-hybridized carbons (Fsp3) is 0.471. The Morgan fingerprint density at radius 2 is 2.00 bits per heavy atom. The number of carbonyl (C=O) groups is 1. The van der Waals surface area contributed by atoms with Crippen LogP contribution in [0, 0.1) is 5.92 Å². The fourth-order valence-electron chi connectivity index (χ4n) is 2.80. The number of hydrogen-bond acceptors (Lipinski definition) is 3. The highest BCUT2D eigenvalue weighted by atomic mass is 16.3. The Balaban J connectivity index is 1.50. The lowest BCUT2D eigenvalue weighted by Crippen LogP contribution is -2.33. The maximum absolute atomic E-state index is 12.4. The molecule has 1 aromatic carbocycles. The Labute approximate surface area is 118 Å². The first-order valence-electron chi connectivity index (χ1n) is 7.55. The Morgan fingerprint density at radius 3 is 2.70 bits per heavy atom. The molecule has 2 saturated carbocycles. The van der Waals surface area contributed by atoms with Crippen molar-refractivity contribution in [2.75, 3.05) is 13.1 Å². The number of fused-ring (bicyclic) bond motifs is 1. The molecule has 0 atom stereocenters. The smallest absolute Gasteiger partial charge is 0.211 e. The Morgan fingerprint density at radius 1 is 1.20 bits per heavy atom. The van der Waals surface area contributed by atoms with Crippen molar-refractivity contribution in [2.45, 2.75) is 31.7 Å². The highest BCUT2D eigenvalue weighted by Gasteiger charge is 2.35. The fourth-order valence-corrected chi connectivity index (χ4v) is 2.80. The Bertz CT molecular complexity index is 604. The minimum atomic E-state index is 0.119. The van der Waals surface area contributed by atoms with E-state index in [1.54, 1.807) is 0 Å². The number of ketones is 1. The van der Waals surface area contributed by atoms with E-state index in [1.165, 1.54) is 25.7 Å². The summed E-state index contributed by atoms with van der Waals surface area (Å²) in [6, 6.07) is 10.3. The van der Waals surface area contributed by atoms with E-state index in [0.717, 1.165) is 23.4 Å². The van der Waals surface area contributed by atoms with E-state index < -0.39 is 0 Å². The van der Waals surface area contributed by atoms with Crippen LogP contribution in [0.1, 0.15) is 36.2 Å². The zero-order valence-corrected chi connectivity index (χ0v) is 11.5. The first-order valence-corrected chi connectivity index (χ1v) is 7.55. The molecule has 4 rings (SSSR count). The summed E-state index contributed by atoms with van der Waals surface area (Å²) in [4.78, 5) is 14.8. The molecule has 0 aliphatic heterocycles. The minimum absolute atomic E-state index is 0.119. The number of rotatable bonds is 6. The van der Waals surface area contributed by atoms with Crippen LogP contribution in [0.25, 0.3) is 11.0 Å². The van der Waals surface area contributed by atoms with Crippen molar-refractivity contribution in [3.05, 3.63) is 36.1 Å². The molecule has 20 heavy (non-hydrogen) atoms. The third-order valence-corrected chi connectivity index (χ3v) is 4.30. The number of hydrogen-bond donors (Lipinski definition) is 0. The van der Waals surface area contributed by atoms with Crippen molar-refractivity contribution >= 4 is 16.8 Å². The maximum atomic E-state index is 12.4. The largest absolute Gasteiger partial charge is 0.453 e. The lowest BCUT2D eigenvalue weighted by Gasteiger charge is -2.20. The molecule has 0 N–H and O–H groups in total. The van der Waals surface area contributed by atoms with Crippen LogP contribution in [-0.2, 0) is 0 Å². The molecule has 0 radical (unpaired) electrons. The number of furan rings is 1. The average molecular weight is 269 g/mol. The van der Waals surface area contributed by atoms with Crippen LogP contribution in [-0.4, -0.2) is 29.8 Å². The predicted molar refractivity (Wildman–Crippen MR) is 77.9 cm³/mol. The third kappa shape index (κ3) is 2.50. The number of carbonyl (C=O) groups excluding carboxylic acids is 1. The van der Waals surface area contributed by atoms with Crippen LogP contribution >= 0.6 is 0 Å². The lowest BCUT2D eigenvalue weighted by molar-refractivity contribution is 0.0895. The van der Waals surface area contributed by atoms with Gasteiger partial charge in [-0.2, -0.15) is 0 Å². The van der Waals surface area contributed by atoms with Gasteiger partial charge in [0.1, 0.15) is 5.58 Å². The van der Waals surface area contributed by atoms with Crippen molar-refractivity contribution in [3.63, 3.8) is 0 Å². The van der Waals surface area contributed by atoms with Crippen LogP contribution in [0.3, 0.4) is 0 Å². The van der Waals surface area contributed by atoms with Crippen LogP contribution in [0.15, 0.2) is 34.7 Å². The second-order valence-electron chi connectivity index (χ2n) is 6.18. The predicted octanol–water partition coefficient (Wildman–Crippen LogP) is 3.49. The molecule has 0 bridgehead atoms. The van der Waals surface area contributed by atoms with Gasteiger partial charge in [-0.05, 0) is 43.7 Å². The molecular formula is C17H19NO2. The summed E-state index contributed by atoms with van der Waals surface area (Å²) in [5.74, 6) is 1.46. The summed E-state index contributed by atoms with van der Waals surface area (Å²) in [6.07, 6.45) is 5.17.